The van der Waals surface area contributed by atoms with Gasteiger partial charge in [-0.2, -0.15) is 10.1 Å². The molecule has 0 amide bonds. The zero-order valence-corrected chi connectivity index (χ0v) is 15.1. The summed E-state index contributed by atoms with van der Waals surface area (Å²) < 4.78 is 13.0. The fraction of sp³-hybridized carbons (Fsp3) is 0.250. The molecule has 0 saturated carbocycles. The standard InChI is InChI=1S/C20H22FN5/c1-20(2,3)16-6-4-5-7-17(16)24-19-25-18(13-23-26-19)22-12-14-8-10-15(21)11-9-14/h4-11,13H,12H2,1-3H3,(H2,22,24,25,26). The van der Waals surface area contributed by atoms with Gasteiger partial charge in [-0.3, -0.25) is 0 Å². The Bertz CT molecular complexity index is 872. The van der Waals surface area contributed by atoms with Gasteiger partial charge >= 0.3 is 0 Å². The lowest BCUT2D eigenvalue weighted by atomic mass is 9.86. The minimum Gasteiger partial charge on any atom is -0.365 e. The highest BCUT2D eigenvalue weighted by Crippen LogP contribution is 2.30. The van der Waals surface area contributed by atoms with Crippen molar-refractivity contribution in [2.24, 2.45) is 0 Å². The molecule has 0 aliphatic carbocycles. The number of rotatable bonds is 5. The largest absolute Gasteiger partial charge is 0.365 e. The molecule has 0 fully saturated rings. The van der Waals surface area contributed by atoms with Crippen molar-refractivity contribution in [1.82, 2.24) is 15.2 Å². The van der Waals surface area contributed by atoms with Gasteiger partial charge < -0.3 is 10.6 Å². The lowest BCUT2D eigenvalue weighted by Gasteiger charge is -2.22. The molecule has 0 aliphatic rings. The second kappa shape index (κ2) is 7.47. The molecule has 26 heavy (non-hydrogen) atoms. The molecule has 0 bridgehead atoms. The predicted molar refractivity (Wildman–Crippen MR) is 102 cm³/mol. The van der Waals surface area contributed by atoms with Crippen LogP contribution in [0.15, 0.2) is 54.7 Å². The fourth-order valence-electron chi connectivity index (χ4n) is 2.60. The zero-order chi connectivity index (χ0) is 18.6. The molecule has 0 saturated heterocycles. The summed E-state index contributed by atoms with van der Waals surface area (Å²) in [4.78, 5) is 4.45. The molecule has 3 rings (SSSR count). The Morgan fingerprint density at radius 3 is 2.46 bits per heavy atom. The van der Waals surface area contributed by atoms with Gasteiger partial charge in [0.05, 0.1) is 6.20 Å². The number of halogens is 1. The molecule has 0 radical (unpaired) electrons. The third-order valence-electron chi connectivity index (χ3n) is 3.93. The van der Waals surface area contributed by atoms with Gasteiger partial charge in [-0.15, -0.1) is 5.10 Å². The van der Waals surface area contributed by atoms with Gasteiger partial charge in [0.25, 0.3) is 0 Å². The van der Waals surface area contributed by atoms with E-state index < -0.39 is 0 Å². The molecular formula is C20H22FN5. The van der Waals surface area contributed by atoms with E-state index in [2.05, 4.69) is 52.7 Å². The van der Waals surface area contributed by atoms with Crippen molar-refractivity contribution >= 4 is 17.5 Å². The average Bonchev–Trinajstić information content (AvgIpc) is 2.61. The highest BCUT2D eigenvalue weighted by molar-refractivity contribution is 5.60. The van der Waals surface area contributed by atoms with E-state index in [0.29, 0.717) is 18.3 Å². The normalized spacial score (nSPS) is 11.2. The smallest absolute Gasteiger partial charge is 0.249 e. The topological polar surface area (TPSA) is 62.7 Å². The van der Waals surface area contributed by atoms with Crippen LogP contribution >= 0.6 is 0 Å². The Labute approximate surface area is 152 Å². The molecule has 134 valence electrons. The van der Waals surface area contributed by atoms with Crippen molar-refractivity contribution in [3.63, 3.8) is 0 Å². The van der Waals surface area contributed by atoms with Crippen LogP contribution in [0.4, 0.5) is 21.8 Å². The van der Waals surface area contributed by atoms with Crippen molar-refractivity contribution in [2.75, 3.05) is 10.6 Å². The number of nitrogens with one attached hydrogen (secondary N) is 2. The Morgan fingerprint density at radius 2 is 1.73 bits per heavy atom. The first-order chi connectivity index (χ1) is 12.4. The van der Waals surface area contributed by atoms with Crippen LogP contribution in [0.2, 0.25) is 0 Å². The third kappa shape index (κ3) is 4.53. The van der Waals surface area contributed by atoms with Crippen molar-refractivity contribution in [1.29, 1.82) is 0 Å². The van der Waals surface area contributed by atoms with Gasteiger partial charge in [-0.05, 0) is 34.7 Å². The Morgan fingerprint density at radius 1 is 1.00 bits per heavy atom. The minimum absolute atomic E-state index is 0.00450. The van der Waals surface area contributed by atoms with Crippen molar-refractivity contribution in [3.05, 3.63) is 71.7 Å². The second-order valence-corrected chi connectivity index (χ2v) is 7.07. The second-order valence-electron chi connectivity index (χ2n) is 7.07. The lowest BCUT2D eigenvalue weighted by molar-refractivity contribution is 0.592. The summed E-state index contributed by atoms with van der Waals surface area (Å²) in [5, 5.41) is 14.5. The molecular weight excluding hydrogens is 329 g/mol. The van der Waals surface area contributed by atoms with Crippen molar-refractivity contribution in [3.8, 4) is 0 Å². The first kappa shape index (κ1) is 17.8. The van der Waals surface area contributed by atoms with Crippen molar-refractivity contribution < 1.29 is 4.39 Å². The Kier molecular flexibility index (Phi) is 5.11. The summed E-state index contributed by atoms with van der Waals surface area (Å²) in [6, 6.07) is 14.4. The van der Waals surface area contributed by atoms with Gasteiger partial charge in [0.1, 0.15) is 5.82 Å². The molecule has 2 aromatic carbocycles. The van der Waals surface area contributed by atoms with E-state index in [9.17, 15) is 4.39 Å². The Hall–Kier alpha value is -3.02. The summed E-state index contributed by atoms with van der Waals surface area (Å²) in [5.41, 5.74) is 3.08. The highest BCUT2D eigenvalue weighted by atomic mass is 19.1. The molecule has 3 aromatic rings. The number of anilines is 3. The van der Waals surface area contributed by atoms with Crippen LogP contribution in [0.3, 0.4) is 0 Å². The number of para-hydroxylation sites is 1. The molecule has 6 heteroatoms. The maximum Gasteiger partial charge on any atom is 0.249 e. The predicted octanol–water partition coefficient (Wildman–Crippen LogP) is 4.66. The minimum atomic E-state index is -0.249. The SMILES string of the molecule is CC(C)(C)c1ccccc1Nc1nncc(NCc2ccc(F)cc2)n1. The summed E-state index contributed by atoms with van der Waals surface area (Å²) in [6.45, 7) is 7.00. The number of nitrogens with zero attached hydrogens (tertiary/aromatic N) is 3. The van der Waals surface area contributed by atoms with E-state index in [1.54, 1.807) is 18.3 Å². The molecule has 1 heterocycles. The average molecular weight is 351 g/mol. The number of benzene rings is 2. The summed E-state index contributed by atoms with van der Waals surface area (Å²) >= 11 is 0. The van der Waals surface area contributed by atoms with Gasteiger partial charge in [-0.1, -0.05) is 51.1 Å². The van der Waals surface area contributed by atoms with Crippen molar-refractivity contribution in [2.45, 2.75) is 32.7 Å². The van der Waals surface area contributed by atoms with E-state index in [1.807, 2.05) is 18.2 Å². The molecule has 0 aliphatic heterocycles. The summed E-state index contributed by atoms with van der Waals surface area (Å²) in [5.74, 6) is 0.771. The van der Waals surface area contributed by atoms with E-state index in [0.717, 1.165) is 11.3 Å². The molecule has 2 N–H and O–H groups in total. The third-order valence-corrected chi connectivity index (χ3v) is 3.93. The molecule has 1 aromatic heterocycles. The molecule has 0 unspecified atom stereocenters. The van der Waals surface area contributed by atoms with Gasteiger partial charge in [0.15, 0.2) is 5.82 Å². The van der Waals surface area contributed by atoms with Crippen LogP contribution in [-0.4, -0.2) is 15.2 Å². The lowest BCUT2D eigenvalue weighted by Crippen LogP contribution is -2.14. The van der Waals surface area contributed by atoms with Crippen LogP contribution < -0.4 is 10.6 Å². The number of aromatic nitrogens is 3. The Balaban J connectivity index is 1.73. The fourth-order valence-corrected chi connectivity index (χ4v) is 2.60. The van der Waals surface area contributed by atoms with E-state index in [1.165, 1.54) is 17.7 Å². The van der Waals surface area contributed by atoms with Crippen LogP contribution in [-0.2, 0) is 12.0 Å². The van der Waals surface area contributed by atoms with Gasteiger partial charge in [0, 0.05) is 12.2 Å². The molecule has 0 spiro atoms. The first-order valence-electron chi connectivity index (χ1n) is 8.46. The van der Waals surface area contributed by atoms with Gasteiger partial charge in [-0.25, -0.2) is 4.39 Å². The van der Waals surface area contributed by atoms with Crippen LogP contribution in [0.5, 0.6) is 0 Å². The quantitative estimate of drug-likeness (QED) is 0.700. The monoisotopic (exact) mass is 351 g/mol. The highest BCUT2D eigenvalue weighted by Gasteiger charge is 2.18. The molecule has 5 nitrogen and oxygen atoms in total. The van der Waals surface area contributed by atoms with Crippen LogP contribution in [0.1, 0.15) is 31.9 Å². The van der Waals surface area contributed by atoms with Crippen LogP contribution in [0.25, 0.3) is 0 Å². The van der Waals surface area contributed by atoms with Crippen LogP contribution in [0, 0.1) is 5.82 Å². The maximum atomic E-state index is 13.0. The maximum absolute atomic E-state index is 13.0. The van der Waals surface area contributed by atoms with E-state index in [4.69, 9.17) is 0 Å². The van der Waals surface area contributed by atoms with E-state index >= 15 is 0 Å². The first-order valence-corrected chi connectivity index (χ1v) is 8.46. The summed E-state index contributed by atoms with van der Waals surface area (Å²) in [7, 11) is 0. The molecule has 0 atom stereocenters. The van der Waals surface area contributed by atoms with Gasteiger partial charge in [0.2, 0.25) is 5.95 Å². The number of hydrogen-bond acceptors (Lipinski definition) is 5. The number of hydrogen-bond donors (Lipinski definition) is 2. The summed E-state index contributed by atoms with van der Waals surface area (Å²) in [6.07, 6.45) is 1.56. The van der Waals surface area contributed by atoms with E-state index in [-0.39, 0.29) is 11.2 Å². The zero-order valence-electron chi connectivity index (χ0n) is 15.1.